The summed E-state index contributed by atoms with van der Waals surface area (Å²) in [6.45, 7) is 9.25. The van der Waals surface area contributed by atoms with Crippen LogP contribution in [0.5, 0.6) is 11.5 Å². The quantitative estimate of drug-likeness (QED) is 0.551. The van der Waals surface area contributed by atoms with E-state index in [0.717, 1.165) is 68.9 Å². The normalized spacial score (nSPS) is 18.6. The van der Waals surface area contributed by atoms with Gasteiger partial charge in [-0.05, 0) is 50.9 Å². The van der Waals surface area contributed by atoms with Crippen LogP contribution in [0.15, 0.2) is 23.2 Å². The number of piperidine rings is 1. The summed E-state index contributed by atoms with van der Waals surface area (Å²) in [4.78, 5) is 7.31. The van der Waals surface area contributed by atoms with Crippen molar-refractivity contribution in [2.45, 2.75) is 26.2 Å². The van der Waals surface area contributed by atoms with Gasteiger partial charge in [0.15, 0.2) is 17.5 Å². The van der Waals surface area contributed by atoms with Gasteiger partial charge in [0.25, 0.3) is 0 Å². The first-order valence-electron chi connectivity index (χ1n) is 10.4. The summed E-state index contributed by atoms with van der Waals surface area (Å²) in [5, 5.41) is 6.74. The summed E-state index contributed by atoms with van der Waals surface area (Å²) in [7, 11) is 1.76. The van der Waals surface area contributed by atoms with Crippen molar-refractivity contribution >= 4 is 11.6 Å². The number of likely N-dealkylation sites (tertiary alicyclic amines) is 1. The Labute approximate surface area is 168 Å². The van der Waals surface area contributed by atoms with Crippen LogP contribution in [0.1, 0.15) is 26.2 Å². The highest BCUT2D eigenvalue weighted by molar-refractivity contribution is 5.93. The molecule has 1 saturated heterocycles. The summed E-state index contributed by atoms with van der Waals surface area (Å²) in [5.41, 5.74) is 0.957. The second-order valence-corrected chi connectivity index (χ2v) is 7.33. The molecule has 0 saturated carbocycles. The molecule has 2 heterocycles. The molecule has 0 bridgehead atoms. The zero-order chi connectivity index (χ0) is 19.6. The average Bonchev–Trinajstić information content (AvgIpc) is 2.96. The first kappa shape index (κ1) is 20.7. The van der Waals surface area contributed by atoms with Gasteiger partial charge in [-0.1, -0.05) is 0 Å². The number of rotatable bonds is 7. The highest BCUT2D eigenvalue weighted by Gasteiger charge is 2.19. The van der Waals surface area contributed by atoms with Gasteiger partial charge < -0.3 is 29.7 Å². The molecule has 7 heteroatoms. The van der Waals surface area contributed by atoms with Gasteiger partial charge in [0.1, 0.15) is 0 Å². The fourth-order valence-corrected chi connectivity index (χ4v) is 3.52. The van der Waals surface area contributed by atoms with Gasteiger partial charge in [0, 0.05) is 44.9 Å². The topological polar surface area (TPSA) is 67.4 Å². The van der Waals surface area contributed by atoms with Crippen LogP contribution in [0.4, 0.5) is 5.69 Å². The van der Waals surface area contributed by atoms with Crippen molar-refractivity contribution in [1.29, 1.82) is 0 Å². The Hall–Kier alpha value is -1.99. The standard InChI is InChI=1S/C21H34N4O3/c1-3-22-21(23-16-17-7-9-25(10-8-17)11-14-26-2)24-18-5-6-19-20(15-18)28-13-4-12-27-19/h5-6,15,17H,3-4,7-14,16H2,1-2H3,(H2,22,23,24). The summed E-state index contributed by atoms with van der Waals surface area (Å²) < 4.78 is 16.7. The monoisotopic (exact) mass is 390 g/mol. The number of ether oxygens (including phenoxy) is 3. The highest BCUT2D eigenvalue weighted by atomic mass is 16.5. The van der Waals surface area contributed by atoms with Crippen molar-refractivity contribution < 1.29 is 14.2 Å². The Kier molecular flexibility index (Phi) is 8.23. The molecule has 0 aromatic heterocycles. The number of fused-ring (bicyclic) bond motifs is 1. The Morgan fingerprint density at radius 2 is 2.00 bits per heavy atom. The van der Waals surface area contributed by atoms with E-state index in [4.69, 9.17) is 19.2 Å². The van der Waals surface area contributed by atoms with E-state index in [2.05, 4.69) is 22.5 Å². The Bertz CT molecular complexity index is 630. The van der Waals surface area contributed by atoms with Crippen LogP contribution in [0, 0.1) is 5.92 Å². The molecule has 7 nitrogen and oxygen atoms in total. The first-order chi connectivity index (χ1) is 13.8. The molecule has 0 spiro atoms. The molecule has 2 aliphatic rings. The van der Waals surface area contributed by atoms with E-state index in [0.29, 0.717) is 19.1 Å². The van der Waals surface area contributed by atoms with E-state index in [1.54, 1.807) is 7.11 Å². The minimum Gasteiger partial charge on any atom is -0.490 e. The van der Waals surface area contributed by atoms with E-state index in [9.17, 15) is 0 Å². The number of anilines is 1. The van der Waals surface area contributed by atoms with Gasteiger partial charge in [0.05, 0.1) is 19.8 Å². The molecule has 156 valence electrons. The molecule has 3 rings (SSSR count). The zero-order valence-corrected chi connectivity index (χ0v) is 17.2. The summed E-state index contributed by atoms with van der Waals surface area (Å²) >= 11 is 0. The molecule has 1 aromatic carbocycles. The molecule has 28 heavy (non-hydrogen) atoms. The number of nitrogens with zero attached hydrogens (tertiary/aromatic N) is 2. The second-order valence-electron chi connectivity index (χ2n) is 7.33. The minimum atomic E-state index is 0.637. The fourth-order valence-electron chi connectivity index (χ4n) is 3.52. The number of nitrogens with one attached hydrogen (secondary N) is 2. The molecule has 0 aliphatic carbocycles. The van der Waals surface area contributed by atoms with Gasteiger partial charge in [-0.2, -0.15) is 0 Å². The lowest BCUT2D eigenvalue weighted by atomic mass is 9.97. The number of methoxy groups -OCH3 is 1. The molecule has 1 aromatic rings. The maximum atomic E-state index is 5.78. The second kappa shape index (κ2) is 11.1. The zero-order valence-electron chi connectivity index (χ0n) is 17.2. The molecule has 0 amide bonds. The average molecular weight is 391 g/mol. The molecule has 2 N–H and O–H groups in total. The Morgan fingerprint density at radius 3 is 2.75 bits per heavy atom. The van der Waals surface area contributed by atoms with Gasteiger partial charge in [0.2, 0.25) is 0 Å². The SMILES string of the molecule is CCNC(=NCC1CCN(CCOC)CC1)Nc1ccc2c(c1)OCCCO2. The lowest BCUT2D eigenvalue weighted by Gasteiger charge is -2.31. The number of guanidine groups is 1. The number of benzene rings is 1. The fraction of sp³-hybridized carbons (Fsp3) is 0.667. The van der Waals surface area contributed by atoms with E-state index in [1.165, 1.54) is 12.8 Å². The molecule has 1 fully saturated rings. The van der Waals surface area contributed by atoms with Crippen molar-refractivity contribution in [3.8, 4) is 11.5 Å². The highest BCUT2D eigenvalue weighted by Crippen LogP contribution is 2.32. The maximum absolute atomic E-state index is 5.78. The smallest absolute Gasteiger partial charge is 0.195 e. The predicted octanol–water partition coefficient (Wildman–Crippen LogP) is 2.58. The van der Waals surface area contributed by atoms with Crippen LogP contribution in [-0.2, 0) is 4.74 Å². The maximum Gasteiger partial charge on any atom is 0.195 e. The predicted molar refractivity (Wildman–Crippen MR) is 113 cm³/mol. The largest absolute Gasteiger partial charge is 0.490 e. The van der Waals surface area contributed by atoms with Crippen LogP contribution in [0.2, 0.25) is 0 Å². The number of hydrogen-bond acceptors (Lipinski definition) is 5. The van der Waals surface area contributed by atoms with Crippen molar-refractivity contribution in [3.05, 3.63) is 18.2 Å². The van der Waals surface area contributed by atoms with Crippen molar-refractivity contribution in [2.75, 3.05) is 65.0 Å². The van der Waals surface area contributed by atoms with Crippen LogP contribution in [-0.4, -0.2) is 70.5 Å². The van der Waals surface area contributed by atoms with Crippen LogP contribution >= 0.6 is 0 Å². The molecular formula is C21H34N4O3. The molecule has 0 unspecified atom stereocenters. The molecule has 0 atom stereocenters. The Morgan fingerprint density at radius 1 is 1.21 bits per heavy atom. The van der Waals surface area contributed by atoms with Crippen molar-refractivity contribution in [3.63, 3.8) is 0 Å². The van der Waals surface area contributed by atoms with E-state index >= 15 is 0 Å². The Balaban J connectivity index is 1.54. The summed E-state index contributed by atoms with van der Waals surface area (Å²) in [6, 6.07) is 5.96. The molecular weight excluding hydrogens is 356 g/mol. The van der Waals surface area contributed by atoms with Crippen molar-refractivity contribution in [1.82, 2.24) is 10.2 Å². The van der Waals surface area contributed by atoms with E-state index in [-0.39, 0.29) is 0 Å². The minimum absolute atomic E-state index is 0.637. The summed E-state index contributed by atoms with van der Waals surface area (Å²) in [5.74, 6) is 3.06. The lowest BCUT2D eigenvalue weighted by molar-refractivity contribution is 0.121. The van der Waals surface area contributed by atoms with Crippen LogP contribution < -0.4 is 20.1 Å². The van der Waals surface area contributed by atoms with Gasteiger partial charge >= 0.3 is 0 Å². The third-order valence-electron chi connectivity index (χ3n) is 5.18. The molecule has 2 aliphatic heterocycles. The van der Waals surface area contributed by atoms with Crippen molar-refractivity contribution in [2.24, 2.45) is 10.9 Å². The first-order valence-corrected chi connectivity index (χ1v) is 10.4. The van der Waals surface area contributed by atoms with E-state index in [1.807, 2.05) is 18.2 Å². The third-order valence-corrected chi connectivity index (χ3v) is 5.18. The number of aliphatic imine (C=N–C) groups is 1. The lowest BCUT2D eigenvalue weighted by Crippen LogP contribution is -2.37. The van der Waals surface area contributed by atoms with E-state index < -0.39 is 0 Å². The third kappa shape index (κ3) is 6.27. The molecule has 0 radical (unpaired) electrons. The van der Waals surface area contributed by atoms with Gasteiger partial charge in [-0.25, -0.2) is 0 Å². The van der Waals surface area contributed by atoms with Gasteiger partial charge in [-0.3, -0.25) is 4.99 Å². The van der Waals surface area contributed by atoms with Crippen LogP contribution in [0.25, 0.3) is 0 Å². The summed E-state index contributed by atoms with van der Waals surface area (Å²) in [6.07, 6.45) is 3.29. The number of hydrogen-bond donors (Lipinski definition) is 2. The van der Waals surface area contributed by atoms with Gasteiger partial charge in [-0.15, -0.1) is 0 Å². The van der Waals surface area contributed by atoms with Crippen LogP contribution in [0.3, 0.4) is 0 Å².